The summed E-state index contributed by atoms with van der Waals surface area (Å²) in [6, 6.07) is 12.7. The highest BCUT2D eigenvalue weighted by atomic mass is 35.5. The highest BCUT2D eigenvalue weighted by Gasteiger charge is 2.06. The summed E-state index contributed by atoms with van der Waals surface area (Å²) in [6.07, 6.45) is 0. The Hall–Kier alpha value is -1.80. The van der Waals surface area contributed by atoms with E-state index < -0.39 is 0 Å². The Bertz CT molecular complexity index is 561. The predicted octanol–water partition coefficient (Wildman–Crippen LogP) is 3.79. The predicted molar refractivity (Wildman–Crippen MR) is 71.3 cm³/mol. The molecule has 0 aliphatic carbocycles. The smallest absolute Gasteiger partial charge is 0.159 e. The van der Waals surface area contributed by atoms with Crippen molar-refractivity contribution in [2.75, 3.05) is 5.73 Å². The fourth-order valence-corrected chi connectivity index (χ4v) is 1.78. The molecule has 0 aromatic heterocycles. The molecule has 2 N–H and O–H groups in total. The SMILES string of the molecule is CC(=O)c1ccc(N)c(-c2ccc(Cl)cc2)c1. The Balaban J connectivity index is 2.54. The number of carbonyl (C=O) groups is 1. The first kappa shape index (κ1) is 11.7. The number of ketones is 1. The molecule has 0 saturated carbocycles. The van der Waals surface area contributed by atoms with Gasteiger partial charge >= 0.3 is 0 Å². The van der Waals surface area contributed by atoms with Gasteiger partial charge in [0.05, 0.1) is 0 Å². The monoisotopic (exact) mass is 245 g/mol. The Morgan fingerprint density at radius 3 is 2.35 bits per heavy atom. The number of anilines is 1. The number of nitrogen functional groups attached to an aromatic ring is 1. The Labute approximate surface area is 105 Å². The fourth-order valence-electron chi connectivity index (χ4n) is 1.65. The van der Waals surface area contributed by atoms with E-state index in [1.807, 2.05) is 12.1 Å². The van der Waals surface area contributed by atoms with E-state index in [4.69, 9.17) is 17.3 Å². The third-order valence-electron chi connectivity index (χ3n) is 2.62. The summed E-state index contributed by atoms with van der Waals surface area (Å²) >= 11 is 5.84. The highest BCUT2D eigenvalue weighted by Crippen LogP contribution is 2.28. The lowest BCUT2D eigenvalue weighted by Gasteiger charge is -2.07. The van der Waals surface area contributed by atoms with Crippen LogP contribution in [0.4, 0.5) is 5.69 Å². The van der Waals surface area contributed by atoms with Crippen LogP contribution in [0.2, 0.25) is 5.02 Å². The summed E-state index contributed by atoms with van der Waals surface area (Å²) < 4.78 is 0. The second-order valence-electron chi connectivity index (χ2n) is 3.87. The van der Waals surface area contributed by atoms with Crippen LogP contribution >= 0.6 is 11.6 Å². The topological polar surface area (TPSA) is 43.1 Å². The summed E-state index contributed by atoms with van der Waals surface area (Å²) in [4.78, 5) is 11.3. The second kappa shape index (κ2) is 4.60. The molecular formula is C14H12ClNO. The molecule has 0 aliphatic rings. The Morgan fingerprint density at radius 2 is 1.76 bits per heavy atom. The minimum atomic E-state index is 0.0280. The average molecular weight is 246 g/mol. The van der Waals surface area contributed by atoms with Crippen molar-refractivity contribution in [2.45, 2.75) is 6.92 Å². The molecule has 0 atom stereocenters. The van der Waals surface area contributed by atoms with Crippen molar-refractivity contribution in [3.05, 3.63) is 53.1 Å². The quantitative estimate of drug-likeness (QED) is 0.646. The second-order valence-corrected chi connectivity index (χ2v) is 4.30. The van der Waals surface area contributed by atoms with Crippen LogP contribution < -0.4 is 5.73 Å². The van der Waals surface area contributed by atoms with Crippen molar-refractivity contribution in [3.63, 3.8) is 0 Å². The first-order valence-electron chi connectivity index (χ1n) is 5.24. The van der Waals surface area contributed by atoms with Crippen LogP contribution in [0.5, 0.6) is 0 Å². The molecule has 17 heavy (non-hydrogen) atoms. The summed E-state index contributed by atoms with van der Waals surface area (Å²) in [7, 11) is 0. The first-order valence-corrected chi connectivity index (χ1v) is 5.62. The molecule has 0 heterocycles. The Morgan fingerprint density at radius 1 is 1.12 bits per heavy atom. The van der Waals surface area contributed by atoms with Crippen molar-refractivity contribution in [1.29, 1.82) is 0 Å². The maximum absolute atomic E-state index is 11.3. The van der Waals surface area contributed by atoms with Crippen LogP contribution in [-0.2, 0) is 0 Å². The van der Waals surface area contributed by atoms with Gasteiger partial charge in [-0.15, -0.1) is 0 Å². The molecule has 0 amide bonds. The Kier molecular flexibility index (Phi) is 3.16. The standard InChI is InChI=1S/C14H12ClNO/c1-9(17)11-4-7-14(16)13(8-11)10-2-5-12(15)6-3-10/h2-8H,16H2,1H3. The molecule has 0 saturated heterocycles. The lowest BCUT2D eigenvalue weighted by Crippen LogP contribution is -1.96. The van der Waals surface area contributed by atoms with Crippen LogP contribution in [0.1, 0.15) is 17.3 Å². The first-order chi connectivity index (χ1) is 8.08. The molecule has 2 aromatic rings. The van der Waals surface area contributed by atoms with Gasteiger partial charge in [-0.1, -0.05) is 23.7 Å². The fraction of sp³-hybridized carbons (Fsp3) is 0.0714. The number of hydrogen-bond donors (Lipinski definition) is 1. The lowest BCUT2D eigenvalue weighted by atomic mass is 10.00. The van der Waals surface area contributed by atoms with Crippen molar-refractivity contribution < 1.29 is 4.79 Å². The van der Waals surface area contributed by atoms with Crippen LogP contribution in [0.3, 0.4) is 0 Å². The third-order valence-corrected chi connectivity index (χ3v) is 2.87. The maximum atomic E-state index is 11.3. The number of rotatable bonds is 2. The molecule has 0 unspecified atom stereocenters. The molecular weight excluding hydrogens is 234 g/mol. The van der Waals surface area contributed by atoms with E-state index in [2.05, 4.69) is 0 Å². The van der Waals surface area contributed by atoms with Crippen molar-refractivity contribution in [2.24, 2.45) is 0 Å². The van der Waals surface area contributed by atoms with E-state index in [1.54, 1.807) is 30.3 Å². The van der Waals surface area contributed by atoms with Gasteiger partial charge in [-0.25, -0.2) is 0 Å². The molecule has 2 aromatic carbocycles. The molecule has 0 spiro atoms. The summed E-state index contributed by atoms with van der Waals surface area (Å²) in [5.74, 6) is 0.0280. The zero-order valence-corrected chi connectivity index (χ0v) is 10.2. The molecule has 0 aliphatic heterocycles. The number of benzene rings is 2. The van der Waals surface area contributed by atoms with Crippen LogP contribution in [-0.4, -0.2) is 5.78 Å². The van der Waals surface area contributed by atoms with Gasteiger partial charge in [0.15, 0.2) is 5.78 Å². The summed E-state index contributed by atoms with van der Waals surface area (Å²) in [6.45, 7) is 1.54. The molecule has 2 nitrogen and oxygen atoms in total. The molecule has 0 radical (unpaired) electrons. The van der Waals surface area contributed by atoms with Crippen molar-refractivity contribution >= 4 is 23.1 Å². The highest BCUT2D eigenvalue weighted by molar-refractivity contribution is 6.30. The number of nitrogens with two attached hydrogens (primary N) is 1. The zero-order valence-electron chi connectivity index (χ0n) is 9.41. The van der Waals surface area contributed by atoms with Crippen LogP contribution in [0.15, 0.2) is 42.5 Å². The number of hydrogen-bond acceptors (Lipinski definition) is 2. The minimum Gasteiger partial charge on any atom is -0.398 e. The van der Waals surface area contributed by atoms with E-state index in [-0.39, 0.29) is 5.78 Å². The largest absolute Gasteiger partial charge is 0.398 e. The van der Waals surface area contributed by atoms with Gasteiger partial charge in [0.1, 0.15) is 0 Å². The van der Waals surface area contributed by atoms with Gasteiger partial charge in [-0.05, 0) is 42.8 Å². The van der Waals surface area contributed by atoms with Gasteiger partial charge in [0.25, 0.3) is 0 Å². The summed E-state index contributed by atoms with van der Waals surface area (Å²) in [5, 5.41) is 0.676. The van der Waals surface area contributed by atoms with Gasteiger partial charge in [-0.2, -0.15) is 0 Å². The van der Waals surface area contributed by atoms with E-state index in [0.717, 1.165) is 11.1 Å². The molecule has 0 bridgehead atoms. The lowest BCUT2D eigenvalue weighted by molar-refractivity contribution is 0.101. The zero-order chi connectivity index (χ0) is 12.4. The van der Waals surface area contributed by atoms with E-state index >= 15 is 0 Å². The van der Waals surface area contributed by atoms with Gasteiger partial charge in [-0.3, -0.25) is 4.79 Å². The maximum Gasteiger partial charge on any atom is 0.159 e. The normalized spacial score (nSPS) is 10.2. The van der Waals surface area contributed by atoms with E-state index in [9.17, 15) is 4.79 Å². The van der Waals surface area contributed by atoms with Gasteiger partial charge in [0, 0.05) is 21.8 Å². The molecule has 0 fully saturated rings. The van der Waals surface area contributed by atoms with E-state index in [0.29, 0.717) is 16.3 Å². The van der Waals surface area contributed by atoms with Crippen LogP contribution in [0, 0.1) is 0 Å². The summed E-state index contributed by atoms with van der Waals surface area (Å²) in [5.41, 5.74) is 9.03. The van der Waals surface area contributed by atoms with Gasteiger partial charge < -0.3 is 5.73 Å². The van der Waals surface area contributed by atoms with E-state index in [1.165, 1.54) is 6.92 Å². The van der Waals surface area contributed by atoms with Gasteiger partial charge in [0.2, 0.25) is 0 Å². The molecule has 2 rings (SSSR count). The van der Waals surface area contributed by atoms with Crippen molar-refractivity contribution in [1.82, 2.24) is 0 Å². The van der Waals surface area contributed by atoms with Crippen molar-refractivity contribution in [3.8, 4) is 11.1 Å². The van der Waals surface area contributed by atoms with Crippen LogP contribution in [0.25, 0.3) is 11.1 Å². The number of Topliss-reactive ketones (excluding diaryl/α,β-unsaturated/α-hetero) is 1. The molecule has 3 heteroatoms. The minimum absolute atomic E-state index is 0.0280. The average Bonchev–Trinajstić information content (AvgIpc) is 2.31. The third kappa shape index (κ3) is 2.48. The molecule has 86 valence electrons. The number of halogens is 1. The number of carbonyl (C=O) groups excluding carboxylic acids is 1.